The second-order valence-corrected chi connectivity index (χ2v) is 9.26. The summed E-state index contributed by atoms with van der Waals surface area (Å²) in [6.45, 7) is 5.96. The summed E-state index contributed by atoms with van der Waals surface area (Å²) < 4.78 is 0. The largest absolute Gasteiger partial charge is 0.342 e. The zero-order valence-electron chi connectivity index (χ0n) is 17.0. The highest BCUT2D eigenvalue weighted by atomic mass is 32.1. The van der Waals surface area contributed by atoms with E-state index in [-0.39, 0.29) is 11.9 Å². The fourth-order valence-corrected chi connectivity index (χ4v) is 5.03. The molecule has 0 unspecified atom stereocenters. The molecule has 0 aliphatic carbocycles. The molecule has 152 valence electrons. The number of benzene rings is 1. The molecule has 3 aromatic heterocycles. The van der Waals surface area contributed by atoms with Crippen LogP contribution in [-0.2, 0) is 0 Å². The third-order valence-electron chi connectivity index (χ3n) is 4.54. The Hall–Kier alpha value is -3.03. The molecule has 0 saturated heterocycles. The second-order valence-electron chi connectivity index (χ2n) is 7.03. The minimum Gasteiger partial charge on any atom is -0.342 e. The van der Waals surface area contributed by atoms with Crippen LogP contribution in [0.2, 0.25) is 0 Å². The zero-order valence-corrected chi connectivity index (χ0v) is 18.6. The summed E-state index contributed by atoms with van der Waals surface area (Å²) >= 11 is 3.23. The zero-order chi connectivity index (χ0) is 21.1. The van der Waals surface area contributed by atoms with Gasteiger partial charge in [0.05, 0.1) is 6.04 Å². The number of rotatable bonds is 6. The molecule has 0 bridgehead atoms. The number of amides is 1. The molecular weight excluding hydrogens is 412 g/mol. The first kappa shape index (κ1) is 20.3. The molecule has 7 heteroatoms. The number of carbonyl (C=O) groups excluding carboxylic acids is 1. The summed E-state index contributed by atoms with van der Waals surface area (Å²) in [6.07, 6.45) is 0. The van der Waals surface area contributed by atoms with Crippen LogP contribution in [0.1, 0.15) is 43.1 Å². The molecule has 0 aliphatic heterocycles. The molecule has 4 aromatic rings. The first-order valence-corrected chi connectivity index (χ1v) is 11.3. The van der Waals surface area contributed by atoms with E-state index in [1.54, 1.807) is 22.7 Å². The molecule has 0 saturated carbocycles. The third-order valence-corrected chi connectivity index (χ3v) is 6.46. The number of hydrogen-bond donors (Lipinski definition) is 2. The molecule has 4 rings (SSSR count). The molecule has 5 nitrogen and oxygen atoms in total. The molecule has 0 aliphatic rings. The highest BCUT2D eigenvalue weighted by molar-refractivity contribution is 7.16. The Morgan fingerprint density at radius 2 is 1.70 bits per heavy atom. The molecule has 0 fully saturated rings. The minimum absolute atomic E-state index is 0.119. The van der Waals surface area contributed by atoms with Gasteiger partial charge in [-0.2, -0.15) is 0 Å². The molecule has 0 radical (unpaired) electrons. The molecule has 3 heterocycles. The van der Waals surface area contributed by atoms with Gasteiger partial charge in [-0.05, 0) is 56.5 Å². The van der Waals surface area contributed by atoms with Crippen LogP contribution in [-0.4, -0.2) is 15.9 Å². The summed E-state index contributed by atoms with van der Waals surface area (Å²) in [5, 5.41) is 9.47. The Bertz CT molecular complexity index is 1130. The predicted molar refractivity (Wildman–Crippen MR) is 125 cm³/mol. The van der Waals surface area contributed by atoms with E-state index >= 15 is 0 Å². The number of nitrogens with one attached hydrogen (secondary N) is 2. The van der Waals surface area contributed by atoms with Crippen LogP contribution in [0.4, 0.5) is 10.9 Å². The van der Waals surface area contributed by atoms with Crippen molar-refractivity contribution in [3.05, 3.63) is 92.2 Å². The molecular formula is C23H22N4OS2. The Kier molecular flexibility index (Phi) is 5.92. The molecule has 2 N–H and O–H groups in total. The number of aromatic nitrogens is 2. The maximum Gasteiger partial charge on any atom is 0.256 e. The number of thiophene rings is 2. The van der Waals surface area contributed by atoms with Gasteiger partial charge >= 0.3 is 0 Å². The SMILES string of the molecule is Cc1cc(C)nc(N[C@@H](c2cccs2)c2cc(C)sc2NC(=O)c2ccccc2)n1. The fourth-order valence-electron chi connectivity index (χ4n) is 3.29. The second kappa shape index (κ2) is 8.77. The smallest absolute Gasteiger partial charge is 0.256 e. The highest BCUT2D eigenvalue weighted by Gasteiger charge is 2.23. The average Bonchev–Trinajstić information content (AvgIpc) is 3.36. The fraction of sp³-hybridized carbons (Fsp3) is 0.174. The van der Waals surface area contributed by atoms with Crippen LogP contribution in [0.15, 0.2) is 60.0 Å². The predicted octanol–water partition coefficient (Wildman–Crippen LogP) is 5.98. The van der Waals surface area contributed by atoms with Crippen molar-refractivity contribution in [2.45, 2.75) is 26.8 Å². The average molecular weight is 435 g/mol. The Balaban J connectivity index is 1.70. The number of hydrogen-bond acceptors (Lipinski definition) is 6. The van der Waals surface area contributed by atoms with Crippen LogP contribution in [0.5, 0.6) is 0 Å². The maximum atomic E-state index is 12.8. The third kappa shape index (κ3) is 4.58. The number of aryl methyl sites for hydroxylation is 3. The minimum atomic E-state index is -0.165. The van der Waals surface area contributed by atoms with Gasteiger partial charge in [0.25, 0.3) is 5.91 Å². The molecule has 1 atom stereocenters. The Morgan fingerprint density at radius 1 is 0.967 bits per heavy atom. The molecule has 30 heavy (non-hydrogen) atoms. The topological polar surface area (TPSA) is 66.9 Å². The van der Waals surface area contributed by atoms with Crippen molar-refractivity contribution in [2.24, 2.45) is 0 Å². The van der Waals surface area contributed by atoms with Gasteiger partial charge in [0.1, 0.15) is 5.00 Å². The normalized spacial score (nSPS) is 11.8. The summed E-state index contributed by atoms with van der Waals surface area (Å²) in [4.78, 5) is 24.1. The van der Waals surface area contributed by atoms with Crippen LogP contribution in [0.3, 0.4) is 0 Å². The summed E-state index contributed by atoms with van der Waals surface area (Å²) in [5.74, 6) is 0.460. The van der Waals surface area contributed by atoms with Crippen molar-refractivity contribution in [3.63, 3.8) is 0 Å². The van der Waals surface area contributed by atoms with Gasteiger partial charge in [0.15, 0.2) is 0 Å². The van der Waals surface area contributed by atoms with E-state index in [9.17, 15) is 4.79 Å². The highest BCUT2D eigenvalue weighted by Crippen LogP contribution is 2.38. The van der Waals surface area contributed by atoms with E-state index in [0.717, 1.165) is 31.7 Å². The van der Waals surface area contributed by atoms with E-state index < -0.39 is 0 Å². The summed E-state index contributed by atoms with van der Waals surface area (Å²) in [5.41, 5.74) is 3.46. The molecule has 1 amide bonds. The molecule has 1 aromatic carbocycles. The van der Waals surface area contributed by atoms with Crippen molar-refractivity contribution in [2.75, 3.05) is 10.6 Å². The van der Waals surface area contributed by atoms with Gasteiger partial charge in [0, 0.05) is 32.3 Å². The first-order chi connectivity index (χ1) is 14.5. The summed E-state index contributed by atoms with van der Waals surface area (Å²) in [7, 11) is 0. The lowest BCUT2D eigenvalue weighted by atomic mass is 10.1. The van der Waals surface area contributed by atoms with Crippen molar-refractivity contribution >= 4 is 39.5 Å². The van der Waals surface area contributed by atoms with Gasteiger partial charge in [-0.3, -0.25) is 4.79 Å². The van der Waals surface area contributed by atoms with Gasteiger partial charge in [0.2, 0.25) is 5.95 Å². The van der Waals surface area contributed by atoms with Crippen LogP contribution in [0, 0.1) is 20.8 Å². The van der Waals surface area contributed by atoms with Crippen molar-refractivity contribution in [1.82, 2.24) is 9.97 Å². The van der Waals surface area contributed by atoms with Crippen molar-refractivity contribution in [1.29, 1.82) is 0 Å². The van der Waals surface area contributed by atoms with Crippen LogP contribution >= 0.6 is 22.7 Å². The summed E-state index contributed by atoms with van der Waals surface area (Å²) in [6, 6.07) is 17.3. The Morgan fingerprint density at radius 3 is 2.37 bits per heavy atom. The van der Waals surface area contributed by atoms with E-state index in [1.165, 1.54) is 0 Å². The van der Waals surface area contributed by atoms with Crippen LogP contribution < -0.4 is 10.6 Å². The quantitative estimate of drug-likeness (QED) is 0.392. The monoisotopic (exact) mass is 434 g/mol. The maximum absolute atomic E-state index is 12.8. The van der Waals surface area contributed by atoms with E-state index in [1.807, 2.05) is 68.6 Å². The van der Waals surface area contributed by atoms with E-state index in [0.29, 0.717) is 11.5 Å². The van der Waals surface area contributed by atoms with E-state index in [2.05, 4.69) is 32.7 Å². The van der Waals surface area contributed by atoms with Gasteiger partial charge in [-0.1, -0.05) is 24.3 Å². The van der Waals surface area contributed by atoms with Gasteiger partial charge < -0.3 is 10.6 Å². The van der Waals surface area contributed by atoms with E-state index in [4.69, 9.17) is 0 Å². The van der Waals surface area contributed by atoms with Gasteiger partial charge in [-0.25, -0.2) is 9.97 Å². The first-order valence-electron chi connectivity index (χ1n) is 9.58. The lowest BCUT2D eigenvalue weighted by Crippen LogP contribution is -2.17. The van der Waals surface area contributed by atoms with Gasteiger partial charge in [-0.15, -0.1) is 22.7 Å². The number of anilines is 2. The lowest BCUT2D eigenvalue weighted by Gasteiger charge is -2.19. The van der Waals surface area contributed by atoms with Crippen LogP contribution in [0.25, 0.3) is 0 Å². The number of carbonyl (C=O) groups is 1. The van der Waals surface area contributed by atoms with Crippen molar-refractivity contribution in [3.8, 4) is 0 Å². The molecule has 0 spiro atoms. The Labute approximate surface area is 183 Å². The standard InChI is InChI=1S/C23H22N4OS2/c1-14-12-15(2)25-23(24-14)26-20(19-10-7-11-29-19)18-13-16(3)30-22(18)27-21(28)17-8-5-4-6-9-17/h4-13,20H,1-3H3,(H,27,28)(H,24,25,26)/t20-/m1/s1. The number of nitrogens with zero attached hydrogens (tertiary/aromatic N) is 2. The lowest BCUT2D eigenvalue weighted by molar-refractivity contribution is 0.102. The van der Waals surface area contributed by atoms with Crippen molar-refractivity contribution < 1.29 is 4.79 Å².